The second-order valence-electron chi connectivity index (χ2n) is 4.60. The third-order valence-electron chi connectivity index (χ3n) is 3.18. The van der Waals surface area contributed by atoms with Crippen LogP contribution in [-0.4, -0.2) is 35.5 Å². The van der Waals surface area contributed by atoms with Gasteiger partial charge in [0.1, 0.15) is 0 Å². The summed E-state index contributed by atoms with van der Waals surface area (Å²) in [4.78, 5) is 0. The highest BCUT2D eigenvalue weighted by molar-refractivity contribution is 5.03. The molecule has 0 saturated carbocycles. The first-order valence-corrected chi connectivity index (χ1v) is 6.26. The molecule has 2 heterocycles. The lowest BCUT2D eigenvalue weighted by atomic mass is 10.1. The number of nitrogens with one attached hydrogen (secondary N) is 2. The van der Waals surface area contributed by atoms with Crippen LogP contribution in [0.1, 0.15) is 24.8 Å². The molecule has 0 bridgehead atoms. The van der Waals surface area contributed by atoms with Crippen molar-refractivity contribution in [3.63, 3.8) is 0 Å². The highest BCUT2D eigenvalue weighted by atomic mass is 15.2. The summed E-state index contributed by atoms with van der Waals surface area (Å²) < 4.78 is 1.87. The molecule has 90 valence electrons. The fourth-order valence-corrected chi connectivity index (χ4v) is 2.24. The van der Waals surface area contributed by atoms with E-state index in [1.54, 1.807) is 0 Å². The van der Waals surface area contributed by atoms with Crippen molar-refractivity contribution in [1.82, 2.24) is 20.4 Å². The molecule has 2 N–H and O–H groups in total. The summed E-state index contributed by atoms with van der Waals surface area (Å²) in [5.74, 6) is 0. The predicted octanol–water partition coefficient (Wildman–Crippen LogP) is 0.694. The van der Waals surface area contributed by atoms with Gasteiger partial charge in [0.15, 0.2) is 0 Å². The van der Waals surface area contributed by atoms with Crippen LogP contribution in [0.4, 0.5) is 0 Å². The Balaban J connectivity index is 1.67. The molecule has 0 spiro atoms. The Morgan fingerprint density at radius 3 is 3.25 bits per heavy atom. The van der Waals surface area contributed by atoms with Gasteiger partial charge in [-0.15, -0.1) is 0 Å². The minimum atomic E-state index is 0.701. The van der Waals surface area contributed by atoms with E-state index in [4.69, 9.17) is 0 Å². The van der Waals surface area contributed by atoms with Crippen molar-refractivity contribution in [3.05, 3.63) is 18.0 Å². The quantitative estimate of drug-likeness (QED) is 0.788. The summed E-state index contributed by atoms with van der Waals surface area (Å²) in [5, 5.41) is 11.3. The van der Waals surface area contributed by atoms with Crippen molar-refractivity contribution in [2.24, 2.45) is 7.05 Å². The number of nitrogens with zero attached hydrogens (tertiary/aromatic N) is 2. The number of aryl methyl sites for hydroxylation is 1. The first-order valence-electron chi connectivity index (χ1n) is 6.26. The van der Waals surface area contributed by atoms with Gasteiger partial charge in [-0.3, -0.25) is 4.68 Å². The van der Waals surface area contributed by atoms with Crippen LogP contribution in [0.15, 0.2) is 12.4 Å². The average Bonchev–Trinajstić information content (AvgIpc) is 2.54. The second kappa shape index (κ2) is 6.01. The summed E-state index contributed by atoms with van der Waals surface area (Å²) in [6.45, 7) is 3.40. The van der Waals surface area contributed by atoms with Gasteiger partial charge in [0, 0.05) is 19.3 Å². The Morgan fingerprint density at radius 2 is 2.44 bits per heavy atom. The van der Waals surface area contributed by atoms with Crippen LogP contribution in [0.3, 0.4) is 0 Å². The van der Waals surface area contributed by atoms with Gasteiger partial charge in [0.25, 0.3) is 0 Å². The van der Waals surface area contributed by atoms with Crippen molar-refractivity contribution >= 4 is 0 Å². The van der Waals surface area contributed by atoms with Crippen LogP contribution < -0.4 is 10.6 Å². The van der Waals surface area contributed by atoms with Crippen LogP contribution in [0.5, 0.6) is 0 Å². The minimum Gasteiger partial charge on any atom is -0.317 e. The molecule has 0 aliphatic carbocycles. The molecule has 0 aromatic carbocycles. The fourth-order valence-electron chi connectivity index (χ4n) is 2.24. The molecule has 4 heteroatoms. The van der Waals surface area contributed by atoms with Crippen LogP contribution in [0.25, 0.3) is 0 Å². The van der Waals surface area contributed by atoms with Crippen LogP contribution in [0.2, 0.25) is 0 Å². The van der Waals surface area contributed by atoms with Crippen LogP contribution in [-0.2, 0) is 13.5 Å². The SMILES string of the molecule is Cn1cc(CCNC2CCCNCC2)cn1. The normalized spacial score (nSPS) is 21.9. The highest BCUT2D eigenvalue weighted by Crippen LogP contribution is 2.05. The maximum absolute atomic E-state index is 4.18. The zero-order valence-corrected chi connectivity index (χ0v) is 10.1. The monoisotopic (exact) mass is 222 g/mol. The zero-order chi connectivity index (χ0) is 11.2. The van der Waals surface area contributed by atoms with E-state index >= 15 is 0 Å². The molecule has 1 aromatic heterocycles. The highest BCUT2D eigenvalue weighted by Gasteiger charge is 2.10. The van der Waals surface area contributed by atoms with Gasteiger partial charge in [-0.1, -0.05) is 0 Å². The maximum atomic E-state index is 4.18. The van der Waals surface area contributed by atoms with E-state index in [1.165, 1.54) is 31.4 Å². The van der Waals surface area contributed by atoms with Gasteiger partial charge < -0.3 is 10.6 Å². The van der Waals surface area contributed by atoms with Gasteiger partial charge in [-0.05, 0) is 50.9 Å². The summed E-state index contributed by atoms with van der Waals surface area (Å²) in [6.07, 6.45) is 8.99. The smallest absolute Gasteiger partial charge is 0.0522 e. The van der Waals surface area contributed by atoms with E-state index in [1.807, 2.05) is 17.9 Å². The third kappa shape index (κ3) is 3.61. The third-order valence-corrected chi connectivity index (χ3v) is 3.18. The fraction of sp³-hybridized carbons (Fsp3) is 0.750. The van der Waals surface area contributed by atoms with Gasteiger partial charge in [-0.25, -0.2) is 0 Å². The lowest BCUT2D eigenvalue weighted by molar-refractivity contribution is 0.472. The van der Waals surface area contributed by atoms with Crippen molar-refractivity contribution in [3.8, 4) is 0 Å². The Labute approximate surface area is 97.4 Å². The summed E-state index contributed by atoms with van der Waals surface area (Å²) >= 11 is 0. The summed E-state index contributed by atoms with van der Waals surface area (Å²) in [7, 11) is 1.97. The molecular weight excluding hydrogens is 200 g/mol. The van der Waals surface area contributed by atoms with E-state index in [-0.39, 0.29) is 0 Å². The lowest BCUT2D eigenvalue weighted by Crippen LogP contribution is -2.31. The number of aromatic nitrogens is 2. The molecule has 16 heavy (non-hydrogen) atoms. The Morgan fingerprint density at radius 1 is 1.50 bits per heavy atom. The average molecular weight is 222 g/mol. The second-order valence-corrected chi connectivity index (χ2v) is 4.60. The molecule has 1 aliphatic heterocycles. The van der Waals surface area contributed by atoms with E-state index in [2.05, 4.69) is 21.9 Å². The van der Waals surface area contributed by atoms with E-state index in [0.29, 0.717) is 6.04 Å². The van der Waals surface area contributed by atoms with Crippen LogP contribution >= 0.6 is 0 Å². The number of hydrogen-bond acceptors (Lipinski definition) is 3. The molecule has 1 atom stereocenters. The number of rotatable bonds is 4. The molecular formula is C12H22N4. The Bertz CT molecular complexity index is 300. The van der Waals surface area contributed by atoms with E-state index in [0.717, 1.165) is 19.5 Å². The Hall–Kier alpha value is -0.870. The standard InChI is InChI=1S/C12H22N4/c1-16-10-11(9-15-16)4-8-14-12-3-2-6-13-7-5-12/h9-10,12-14H,2-8H2,1H3. The molecule has 4 nitrogen and oxygen atoms in total. The topological polar surface area (TPSA) is 41.9 Å². The minimum absolute atomic E-state index is 0.701. The van der Waals surface area contributed by atoms with Crippen molar-refractivity contribution in [1.29, 1.82) is 0 Å². The molecule has 1 aromatic rings. The molecule has 1 fully saturated rings. The Kier molecular flexibility index (Phi) is 4.36. The molecule has 1 saturated heterocycles. The molecule has 2 rings (SSSR count). The largest absolute Gasteiger partial charge is 0.317 e. The maximum Gasteiger partial charge on any atom is 0.0522 e. The summed E-state index contributed by atoms with van der Waals surface area (Å²) in [5.41, 5.74) is 1.32. The van der Waals surface area contributed by atoms with Gasteiger partial charge in [-0.2, -0.15) is 5.10 Å². The first-order chi connectivity index (χ1) is 7.84. The molecule has 0 amide bonds. The number of hydrogen-bond donors (Lipinski definition) is 2. The zero-order valence-electron chi connectivity index (χ0n) is 10.1. The van der Waals surface area contributed by atoms with E-state index in [9.17, 15) is 0 Å². The summed E-state index contributed by atoms with van der Waals surface area (Å²) in [6, 6.07) is 0.701. The van der Waals surface area contributed by atoms with Gasteiger partial charge in [0.2, 0.25) is 0 Å². The lowest BCUT2D eigenvalue weighted by Gasteiger charge is -2.15. The van der Waals surface area contributed by atoms with Crippen molar-refractivity contribution < 1.29 is 0 Å². The predicted molar refractivity (Wildman–Crippen MR) is 65.4 cm³/mol. The van der Waals surface area contributed by atoms with Crippen LogP contribution in [0, 0.1) is 0 Å². The molecule has 0 radical (unpaired) electrons. The van der Waals surface area contributed by atoms with Crippen molar-refractivity contribution in [2.45, 2.75) is 31.7 Å². The van der Waals surface area contributed by atoms with Gasteiger partial charge in [0.05, 0.1) is 6.20 Å². The molecule has 1 unspecified atom stereocenters. The van der Waals surface area contributed by atoms with Gasteiger partial charge >= 0.3 is 0 Å². The first kappa shape index (κ1) is 11.6. The van der Waals surface area contributed by atoms with Crippen molar-refractivity contribution in [2.75, 3.05) is 19.6 Å². The van der Waals surface area contributed by atoms with E-state index < -0.39 is 0 Å². The molecule has 1 aliphatic rings.